The molecule has 1 atom stereocenters. The topological polar surface area (TPSA) is 91.4 Å². The summed E-state index contributed by atoms with van der Waals surface area (Å²) in [5, 5.41) is 5.05. The summed E-state index contributed by atoms with van der Waals surface area (Å²) in [6, 6.07) is 10.9. The van der Waals surface area contributed by atoms with Crippen LogP contribution in [0.4, 0.5) is 4.79 Å². The molecule has 130 valence electrons. The summed E-state index contributed by atoms with van der Waals surface area (Å²) in [4.78, 5) is 40.7. The number of nitrogens with zero attached hydrogens (tertiary/aromatic N) is 2. The van der Waals surface area contributed by atoms with Crippen LogP contribution in [0.1, 0.15) is 20.3 Å². The minimum atomic E-state index is -0.975. The molecule has 2 aromatic rings. The number of hydrazine groups is 1. The number of amides is 4. The molecule has 0 bridgehead atoms. The van der Waals surface area contributed by atoms with Crippen molar-refractivity contribution in [2.24, 2.45) is 0 Å². The number of fused-ring (bicyclic) bond motifs is 1. The number of carbonyl (C=O) groups is 3. The molecule has 1 unspecified atom stereocenters. The predicted molar refractivity (Wildman–Crippen MR) is 94.7 cm³/mol. The number of thioether (sulfide) groups is 1. The van der Waals surface area contributed by atoms with Gasteiger partial charge in [0, 0.05) is 5.39 Å². The molecule has 1 aliphatic rings. The van der Waals surface area contributed by atoms with E-state index in [1.165, 1.54) is 11.8 Å². The average Bonchev–Trinajstić information content (AvgIpc) is 2.83. The van der Waals surface area contributed by atoms with Gasteiger partial charge in [-0.3, -0.25) is 15.0 Å². The van der Waals surface area contributed by atoms with Crippen molar-refractivity contribution in [3.63, 3.8) is 0 Å². The van der Waals surface area contributed by atoms with Gasteiger partial charge in [0.15, 0.2) is 0 Å². The third-order valence-corrected chi connectivity index (χ3v) is 5.06. The van der Waals surface area contributed by atoms with Crippen molar-refractivity contribution in [1.29, 1.82) is 0 Å². The fourth-order valence-corrected chi connectivity index (χ4v) is 3.12. The Morgan fingerprint density at radius 2 is 2.04 bits per heavy atom. The molecule has 1 aliphatic heterocycles. The summed E-state index contributed by atoms with van der Waals surface area (Å²) in [7, 11) is 0. The highest BCUT2D eigenvalue weighted by Crippen LogP contribution is 2.21. The van der Waals surface area contributed by atoms with Crippen LogP contribution in [0.15, 0.2) is 41.4 Å². The lowest BCUT2D eigenvalue weighted by Crippen LogP contribution is -2.49. The summed E-state index contributed by atoms with van der Waals surface area (Å²) in [5.74, 6) is -0.850. The second kappa shape index (κ2) is 6.72. The molecule has 4 amide bonds. The lowest BCUT2D eigenvalue weighted by atomic mass is 10.00. The molecule has 1 aromatic heterocycles. The molecule has 0 radical (unpaired) electrons. The Morgan fingerprint density at radius 3 is 2.76 bits per heavy atom. The van der Waals surface area contributed by atoms with Crippen molar-refractivity contribution in [3.05, 3.63) is 36.4 Å². The molecule has 7 nitrogen and oxygen atoms in total. The summed E-state index contributed by atoms with van der Waals surface area (Å²) >= 11 is 1.24. The summed E-state index contributed by atoms with van der Waals surface area (Å²) < 4.78 is 0. The highest BCUT2D eigenvalue weighted by Gasteiger charge is 2.47. The molecular weight excluding hydrogens is 340 g/mol. The molecule has 2 heterocycles. The van der Waals surface area contributed by atoms with E-state index in [1.807, 2.05) is 36.4 Å². The minimum absolute atomic E-state index is 0.0469. The number of carbonyl (C=O) groups excluding carboxylic acids is 3. The number of imide groups is 1. The van der Waals surface area contributed by atoms with Crippen LogP contribution < -0.4 is 10.7 Å². The predicted octanol–water partition coefficient (Wildman–Crippen LogP) is 2.08. The second-order valence-electron chi connectivity index (χ2n) is 5.92. The lowest BCUT2D eigenvalue weighted by molar-refractivity contribution is -0.137. The van der Waals surface area contributed by atoms with Crippen LogP contribution in [0.3, 0.4) is 0 Å². The first-order valence-electron chi connectivity index (χ1n) is 7.88. The molecular formula is C17H18N4O3S. The largest absolute Gasteiger partial charge is 0.344 e. The van der Waals surface area contributed by atoms with Crippen molar-refractivity contribution < 1.29 is 14.4 Å². The number of pyridine rings is 1. The third-order valence-electron chi connectivity index (χ3n) is 4.13. The first kappa shape index (κ1) is 17.2. The molecule has 2 N–H and O–H groups in total. The van der Waals surface area contributed by atoms with Gasteiger partial charge < -0.3 is 5.32 Å². The fourth-order valence-electron chi connectivity index (χ4n) is 2.45. The Bertz CT molecular complexity index is 857. The van der Waals surface area contributed by atoms with Gasteiger partial charge in [-0.2, -0.15) is 5.01 Å². The zero-order valence-electron chi connectivity index (χ0n) is 13.9. The molecule has 0 spiro atoms. The summed E-state index contributed by atoms with van der Waals surface area (Å²) in [6.45, 7) is 3.43. The molecule has 25 heavy (non-hydrogen) atoms. The van der Waals surface area contributed by atoms with Gasteiger partial charge in [-0.05, 0) is 25.5 Å². The Hall–Kier alpha value is -2.61. The van der Waals surface area contributed by atoms with Crippen molar-refractivity contribution >= 4 is 40.5 Å². The van der Waals surface area contributed by atoms with E-state index in [1.54, 1.807) is 13.8 Å². The molecule has 0 aliphatic carbocycles. The maximum absolute atomic E-state index is 12.2. The Kier molecular flexibility index (Phi) is 4.63. The standard InChI is InChI=1S/C17H18N4O3S/c1-3-17(2)15(23)21(16(24)19-17)20-13(22)10-25-14-9-8-11-6-4-5-7-12(11)18-14/h4-9H,3,10H2,1-2H3,(H,19,24)(H,20,22). The smallest absolute Gasteiger partial charge is 0.322 e. The van der Waals surface area contributed by atoms with Crippen LogP contribution in [-0.2, 0) is 9.59 Å². The number of nitrogens with one attached hydrogen (secondary N) is 2. The maximum atomic E-state index is 12.2. The van der Waals surface area contributed by atoms with Gasteiger partial charge in [0.1, 0.15) is 5.54 Å². The maximum Gasteiger partial charge on any atom is 0.344 e. The van der Waals surface area contributed by atoms with Crippen LogP contribution >= 0.6 is 11.8 Å². The van der Waals surface area contributed by atoms with E-state index in [4.69, 9.17) is 0 Å². The van der Waals surface area contributed by atoms with Crippen molar-refractivity contribution in [1.82, 2.24) is 20.7 Å². The van der Waals surface area contributed by atoms with E-state index in [0.717, 1.165) is 15.9 Å². The monoisotopic (exact) mass is 358 g/mol. The molecule has 1 aromatic carbocycles. The number of hydrogen-bond acceptors (Lipinski definition) is 5. The van der Waals surface area contributed by atoms with Crippen molar-refractivity contribution in [2.75, 3.05) is 5.75 Å². The van der Waals surface area contributed by atoms with Gasteiger partial charge in [-0.15, -0.1) is 0 Å². The molecule has 0 saturated carbocycles. The van der Waals surface area contributed by atoms with E-state index in [2.05, 4.69) is 15.7 Å². The van der Waals surface area contributed by atoms with Gasteiger partial charge >= 0.3 is 6.03 Å². The number of hydrogen-bond donors (Lipinski definition) is 2. The second-order valence-corrected chi connectivity index (χ2v) is 6.92. The molecule has 1 fully saturated rings. The zero-order chi connectivity index (χ0) is 18.0. The molecule has 1 saturated heterocycles. The summed E-state index contributed by atoms with van der Waals surface area (Å²) in [6.07, 6.45) is 0.444. The van der Waals surface area contributed by atoms with E-state index in [9.17, 15) is 14.4 Å². The van der Waals surface area contributed by atoms with Crippen molar-refractivity contribution in [2.45, 2.75) is 30.8 Å². The van der Waals surface area contributed by atoms with Gasteiger partial charge in [0.05, 0.1) is 16.3 Å². The van der Waals surface area contributed by atoms with Gasteiger partial charge in [0.25, 0.3) is 5.91 Å². The van der Waals surface area contributed by atoms with Crippen LogP contribution in [0.5, 0.6) is 0 Å². The quantitative estimate of drug-likeness (QED) is 0.631. The van der Waals surface area contributed by atoms with E-state index < -0.39 is 23.4 Å². The molecule has 8 heteroatoms. The van der Waals surface area contributed by atoms with Crippen LogP contribution in [0, 0.1) is 0 Å². The SMILES string of the molecule is CCC1(C)NC(=O)N(NC(=O)CSc2ccc3ccccc3n2)C1=O. The van der Waals surface area contributed by atoms with Gasteiger partial charge in [-0.1, -0.05) is 43.0 Å². The Labute approximate surface area is 149 Å². The van der Waals surface area contributed by atoms with E-state index in [0.29, 0.717) is 11.4 Å². The number of benzene rings is 1. The Morgan fingerprint density at radius 1 is 1.28 bits per heavy atom. The van der Waals surface area contributed by atoms with Crippen molar-refractivity contribution in [3.8, 4) is 0 Å². The van der Waals surface area contributed by atoms with E-state index >= 15 is 0 Å². The number of aromatic nitrogens is 1. The fraction of sp³-hybridized carbons (Fsp3) is 0.294. The van der Waals surface area contributed by atoms with Crippen LogP contribution in [-0.4, -0.2) is 39.1 Å². The first-order valence-corrected chi connectivity index (χ1v) is 8.86. The van der Waals surface area contributed by atoms with E-state index in [-0.39, 0.29) is 5.75 Å². The van der Waals surface area contributed by atoms with Gasteiger partial charge in [-0.25, -0.2) is 9.78 Å². The summed E-state index contributed by atoms with van der Waals surface area (Å²) in [5.41, 5.74) is 2.23. The highest BCUT2D eigenvalue weighted by atomic mass is 32.2. The normalized spacial score (nSPS) is 20.0. The van der Waals surface area contributed by atoms with Crippen LogP contribution in [0.25, 0.3) is 10.9 Å². The number of rotatable bonds is 5. The van der Waals surface area contributed by atoms with Gasteiger partial charge in [0.2, 0.25) is 5.91 Å². The number of urea groups is 1. The Balaban J connectivity index is 1.61. The third kappa shape index (κ3) is 3.43. The molecule has 3 rings (SSSR count). The average molecular weight is 358 g/mol. The zero-order valence-corrected chi connectivity index (χ0v) is 14.7. The lowest BCUT2D eigenvalue weighted by Gasteiger charge is -2.19. The van der Waals surface area contributed by atoms with Crippen LogP contribution in [0.2, 0.25) is 0 Å². The minimum Gasteiger partial charge on any atom is -0.322 e. The highest BCUT2D eigenvalue weighted by molar-refractivity contribution is 7.99. The number of para-hydroxylation sites is 1. The first-order chi connectivity index (χ1) is 11.9.